The largest absolute Gasteiger partial charge is 0.317 e. The van der Waals surface area contributed by atoms with E-state index < -0.39 is 0 Å². The van der Waals surface area contributed by atoms with E-state index in [0.29, 0.717) is 0 Å². The van der Waals surface area contributed by atoms with Gasteiger partial charge in [0.15, 0.2) is 0 Å². The summed E-state index contributed by atoms with van der Waals surface area (Å²) in [4.78, 5) is 0. The molecule has 0 radical (unpaired) electrons. The van der Waals surface area contributed by atoms with Crippen molar-refractivity contribution < 1.29 is 0 Å². The van der Waals surface area contributed by atoms with Gasteiger partial charge in [-0.3, -0.25) is 0 Å². The van der Waals surface area contributed by atoms with Crippen molar-refractivity contribution >= 4 is 0 Å². The first-order chi connectivity index (χ1) is 7.93. The Bertz CT molecular complexity index is 203. The molecule has 0 aliphatic carbocycles. The molecule has 1 aromatic carbocycles. The van der Waals surface area contributed by atoms with Crippen LogP contribution in [0, 0.1) is 0 Å². The molecule has 1 heterocycles. The Morgan fingerprint density at radius 2 is 1.50 bits per heavy atom. The van der Waals surface area contributed by atoms with Crippen LogP contribution in [0.25, 0.3) is 0 Å². The molecule has 92 valence electrons. The molecule has 0 aromatic heterocycles. The van der Waals surface area contributed by atoms with Gasteiger partial charge < -0.3 is 5.32 Å². The average molecular weight is 221 g/mol. The highest BCUT2D eigenvalue weighted by atomic mass is 14.9. The van der Waals surface area contributed by atoms with Gasteiger partial charge in [-0.05, 0) is 37.9 Å². The van der Waals surface area contributed by atoms with Crippen LogP contribution in [0.15, 0.2) is 30.3 Å². The molecule has 16 heavy (non-hydrogen) atoms. The van der Waals surface area contributed by atoms with Crippen molar-refractivity contribution in [1.82, 2.24) is 5.32 Å². The standard InChI is InChI=1S/C8H10.C5H11N.C2H6/c1-2-8-6-4-3-5-7-8;1-2-4-6-5-3-1;1-2/h3-7H,2H2,1H3;6H,1-5H2;1-2H3. The number of rotatable bonds is 1. The molecular formula is C15H27N. The quantitative estimate of drug-likeness (QED) is 0.755. The van der Waals surface area contributed by atoms with Crippen LogP contribution in [0.2, 0.25) is 0 Å². The van der Waals surface area contributed by atoms with E-state index in [0.717, 1.165) is 6.42 Å². The molecule has 0 amide bonds. The molecule has 1 nitrogen and oxygen atoms in total. The molecule has 1 aliphatic heterocycles. The summed E-state index contributed by atoms with van der Waals surface area (Å²) in [6.07, 6.45) is 5.36. The highest BCUT2D eigenvalue weighted by Gasteiger charge is 1.93. The number of hydrogen-bond acceptors (Lipinski definition) is 1. The van der Waals surface area contributed by atoms with E-state index in [1.165, 1.54) is 37.9 Å². The van der Waals surface area contributed by atoms with Gasteiger partial charge in [0, 0.05) is 0 Å². The van der Waals surface area contributed by atoms with Crippen LogP contribution < -0.4 is 5.32 Å². The van der Waals surface area contributed by atoms with Crippen LogP contribution in [0.5, 0.6) is 0 Å². The maximum atomic E-state index is 3.28. The highest BCUT2D eigenvalue weighted by molar-refractivity contribution is 5.13. The lowest BCUT2D eigenvalue weighted by atomic mass is 10.2. The number of piperidine rings is 1. The van der Waals surface area contributed by atoms with Gasteiger partial charge in [0.05, 0.1) is 0 Å². The molecule has 0 atom stereocenters. The van der Waals surface area contributed by atoms with Gasteiger partial charge in [-0.1, -0.05) is 57.5 Å². The second-order valence-corrected chi connectivity index (χ2v) is 3.65. The smallest absolute Gasteiger partial charge is 0.00489 e. The van der Waals surface area contributed by atoms with Crippen LogP contribution in [-0.4, -0.2) is 13.1 Å². The van der Waals surface area contributed by atoms with Gasteiger partial charge >= 0.3 is 0 Å². The molecule has 1 fully saturated rings. The van der Waals surface area contributed by atoms with Gasteiger partial charge in [0.25, 0.3) is 0 Å². The fraction of sp³-hybridized carbons (Fsp3) is 0.600. The van der Waals surface area contributed by atoms with Crippen LogP contribution in [-0.2, 0) is 6.42 Å². The van der Waals surface area contributed by atoms with Crippen molar-refractivity contribution in [3.8, 4) is 0 Å². The van der Waals surface area contributed by atoms with Gasteiger partial charge in [-0.25, -0.2) is 0 Å². The first-order valence-corrected chi connectivity index (χ1v) is 6.68. The summed E-state index contributed by atoms with van der Waals surface area (Å²) in [6.45, 7) is 8.66. The van der Waals surface area contributed by atoms with Crippen molar-refractivity contribution in [2.45, 2.75) is 46.5 Å². The molecule has 1 N–H and O–H groups in total. The minimum Gasteiger partial charge on any atom is -0.317 e. The zero-order valence-corrected chi connectivity index (χ0v) is 11.1. The summed E-state index contributed by atoms with van der Waals surface area (Å²) >= 11 is 0. The fourth-order valence-electron chi connectivity index (χ4n) is 1.52. The summed E-state index contributed by atoms with van der Waals surface area (Å²) < 4.78 is 0. The van der Waals surface area contributed by atoms with E-state index in [9.17, 15) is 0 Å². The zero-order valence-electron chi connectivity index (χ0n) is 11.1. The molecule has 0 unspecified atom stereocenters. The summed E-state index contributed by atoms with van der Waals surface area (Å²) in [6, 6.07) is 10.5. The molecule has 0 saturated carbocycles. The monoisotopic (exact) mass is 221 g/mol. The zero-order chi connectivity index (χ0) is 12.1. The lowest BCUT2D eigenvalue weighted by molar-refractivity contribution is 0.520. The van der Waals surface area contributed by atoms with Crippen molar-refractivity contribution in [3.63, 3.8) is 0 Å². The molecule has 1 saturated heterocycles. The van der Waals surface area contributed by atoms with E-state index >= 15 is 0 Å². The summed E-state index contributed by atoms with van der Waals surface area (Å²) in [5, 5.41) is 3.28. The molecular weight excluding hydrogens is 194 g/mol. The predicted octanol–water partition coefficient (Wildman–Crippen LogP) is 4.04. The molecule has 1 aliphatic rings. The lowest BCUT2D eigenvalue weighted by Gasteiger charge is -2.08. The fourth-order valence-corrected chi connectivity index (χ4v) is 1.52. The third kappa shape index (κ3) is 8.49. The lowest BCUT2D eigenvalue weighted by Crippen LogP contribution is -2.21. The summed E-state index contributed by atoms with van der Waals surface area (Å²) in [5.74, 6) is 0. The summed E-state index contributed by atoms with van der Waals surface area (Å²) in [5.41, 5.74) is 1.41. The molecule has 0 spiro atoms. The van der Waals surface area contributed by atoms with Gasteiger partial charge in [0.2, 0.25) is 0 Å². The highest BCUT2D eigenvalue weighted by Crippen LogP contribution is 1.97. The van der Waals surface area contributed by atoms with Crippen LogP contribution >= 0.6 is 0 Å². The van der Waals surface area contributed by atoms with Gasteiger partial charge in [-0.2, -0.15) is 0 Å². The molecule has 0 bridgehead atoms. The van der Waals surface area contributed by atoms with Crippen molar-refractivity contribution in [1.29, 1.82) is 0 Å². The maximum Gasteiger partial charge on any atom is -0.00489 e. The van der Waals surface area contributed by atoms with Crippen LogP contribution in [0.4, 0.5) is 0 Å². The van der Waals surface area contributed by atoms with Crippen LogP contribution in [0.1, 0.15) is 45.6 Å². The van der Waals surface area contributed by atoms with Crippen LogP contribution in [0.3, 0.4) is 0 Å². The Labute approximate surface area is 101 Å². The second-order valence-electron chi connectivity index (χ2n) is 3.65. The molecule has 2 rings (SSSR count). The SMILES string of the molecule is C1CCNCC1.CC.CCc1ccccc1. The Hall–Kier alpha value is -0.820. The summed E-state index contributed by atoms with van der Waals surface area (Å²) in [7, 11) is 0. The van der Waals surface area contributed by atoms with E-state index in [2.05, 4.69) is 36.5 Å². The first-order valence-electron chi connectivity index (χ1n) is 6.68. The normalized spacial score (nSPS) is 13.9. The number of hydrogen-bond donors (Lipinski definition) is 1. The van der Waals surface area contributed by atoms with E-state index in [1.54, 1.807) is 0 Å². The second kappa shape index (κ2) is 12.3. The third-order valence-electron chi connectivity index (χ3n) is 2.46. The first kappa shape index (κ1) is 15.2. The van der Waals surface area contributed by atoms with Crippen molar-refractivity contribution in [2.24, 2.45) is 0 Å². The maximum absolute atomic E-state index is 3.28. The molecule has 1 aromatic rings. The Morgan fingerprint density at radius 3 is 1.75 bits per heavy atom. The van der Waals surface area contributed by atoms with Crippen molar-refractivity contribution in [2.75, 3.05) is 13.1 Å². The van der Waals surface area contributed by atoms with E-state index in [4.69, 9.17) is 0 Å². The minimum atomic E-state index is 1.14. The number of aryl methyl sites for hydroxylation is 1. The molecule has 1 heteroatoms. The average Bonchev–Trinajstić information content (AvgIpc) is 2.44. The minimum absolute atomic E-state index is 1.14. The Kier molecular flexibility index (Phi) is 11.6. The Morgan fingerprint density at radius 1 is 0.938 bits per heavy atom. The third-order valence-corrected chi connectivity index (χ3v) is 2.46. The number of nitrogens with one attached hydrogen (secondary N) is 1. The Balaban J connectivity index is 0.000000251. The number of benzene rings is 1. The topological polar surface area (TPSA) is 12.0 Å². The van der Waals surface area contributed by atoms with E-state index in [1.807, 2.05) is 19.9 Å². The van der Waals surface area contributed by atoms with Gasteiger partial charge in [-0.15, -0.1) is 0 Å². The van der Waals surface area contributed by atoms with E-state index in [-0.39, 0.29) is 0 Å². The predicted molar refractivity (Wildman–Crippen MR) is 73.9 cm³/mol. The van der Waals surface area contributed by atoms with Gasteiger partial charge in [0.1, 0.15) is 0 Å². The van der Waals surface area contributed by atoms with Crippen molar-refractivity contribution in [3.05, 3.63) is 35.9 Å².